The number of fused-ring (bicyclic) bond motifs is 4. The van der Waals surface area contributed by atoms with Crippen LogP contribution in [0.1, 0.15) is 27.7 Å². The lowest BCUT2D eigenvalue weighted by atomic mass is 9.33. The van der Waals surface area contributed by atoms with E-state index < -0.39 is 11.3 Å². The quantitative estimate of drug-likeness (QED) is 0.220. The number of hydrogen-bond acceptors (Lipinski definition) is 4. The molecular formula is C36H30BFN4. The van der Waals surface area contributed by atoms with Gasteiger partial charge in [-0.2, -0.15) is 0 Å². The van der Waals surface area contributed by atoms with Gasteiger partial charge in [-0.15, -0.1) is 0 Å². The lowest BCUT2D eigenvalue weighted by Crippen LogP contribution is -2.65. The van der Waals surface area contributed by atoms with Crippen LogP contribution in [-0.2, 0) is 0 Å². The molecule has 0 spiro atoms. The van der Waals surface area contributed by atoms with Crippen molar-refractivity contribution in [2.24, 2.45) is 0 Å². The number of nitrogens with zero attached hydrogens (tertiary/aromatic N) is 4. The predicted octanol–water partition coefficient (Wildman–Crippen LogP) is 7.02. The number of rotatable bonds is 2. The maximum Gasteiger partial charge on any atom is 0.252 e. The van der Waals surface area contributed by atoms with Crippen LogP contribution >= 0.6 is 0 Å². The summed E-state index contributed by atoms with van der Waals surface area (Å²) in [6.45, 7) is 8.96. The fourth-order valence-electron chi connectivity index (χ4n) is 8.38. The summed E-state index contributed by atoms with van der Waals surface area (Å²) in [5.41, 5.74) is 11.6. The Morgan fingerprint density at radius 1 is 0.500 bits per heavy atom. The number of anilines is 8. The minimum atomic E-state index is -0.467. The van der Waals surface area contributed by atoms with Crippen molar-refractivity contribution >= 4 is 68.6 Å². The van der Waals surface area contributed by atoms with Gasteiger partial charge in [0.2, 0.25) is 0 Å². The van der Waals surface area contributed by atoms with Gasteiger partial charge < -0.3 is 19.6 Å². The SMILES string of the molecule is CC1(C)N(c2ccccc2)c2cccc3c2N1c1cc(F)cc2c1B3c1cccc3c1N2C(C)(C)N3c1ccccc1. The normalized spacial score (nSPS) is 17.8. The summed E-state index contributed by atoms with van der Waals surface area (Å²) >= 11 is 0. The molecule has 0 saturated heterocycles. The average Bonchev–Trinajstić information content (AvgIpc) is 3.37. The highest BCUT2D eigenvalue weighted by Gasteiger charge is 2.56. The van der Waals surface area contributed by atoms with Gasteiger partial charge in [0, 0.05) is 22.7 Å². The zero-order valence-corrected chi connectivity index (χ0v) is 24.1. The zero-order chi connectivity index (χ0) is 28.5. The minimum Gasteiger partial charge on any atom is -0.317 e. The molecule has 6 heteroatoms. The van der Waals surface area contributed by atoms with E-state index in [9.17, 15) is 0 Å². The van der Waals surface area contributed by atoms with Gasteiger partial charge >= 0.3 is 0 Å². The second kappa shape index (κ2) is 7.77. The van der Waals surface area contributed by atoms with Gasteiger partial charge in [-0.1, -0.05) is 60.7 Å². The van der Waals surface area contributed by atoms with Crippen molar-refractivity contribution in [2.45, 2.75) is 39.0 Å². The Labute approximate surface area is 246 Å². The molecule has 9 rings (SSSR count). The molecule has 0 saturated carbocycles. The predicted molar refractivity (Wildman–Crippen MR) is 174 cm³/mol. The Balaban J connectivity index is 1.37. The largest absolute Gasteiger partial charge is 0.317 e. The molecule has 4 aliphatic rings. The van der Waals surface area contributed by atoms with Gasteiger partial charge in [0.1, 0.15) is 17.1 Å². The third-order valence-electron chi connectivity index (χ3n) is 9.73. The molecule has 42 heavy (non-hydrogen) atoms. The number of benzene rings is 5. The molecule has 0 radical (unpaired) electrons. The number of para-hydroxylation sites is 4. The average molecular weight is 548 g/mol. The van der Waals surface area contributed by atoms with Gasteiger partial charge in [-0.3, -0.25) is 0 Å². The molecule has 0 unspecified atom stereocenters. The second-order valence-corrected chi connectivity index (χ2v) is 12.7. The Morgan fingerprint density at radius 3 is 1.36 bits per heavy atom. The highest BCUT2D eigenvalue weighted by Crippen LogP contribution is 2.57. The first-order valence-corrected chi connectivity index (χ1v) is 14.7. The van der Waals surface area contributed by atoms with Crippen molar-refractivity contribution in [1.29, 1.82) is 0 Å². The Bertz CT molecular complexity index is 1800. The molecule has 0 aliphatic carbocycles. The van der Waals surface area contributed by atoms with Crippen LogP contribution in [0.15, 0.2) is 109 Å². The van der Waals surface area contributed by atoms with E-state index in [4.69, 9.17) is 0 Å². The van der Waals surface area contributed by atoms with Crippen LogP contribution in [0.3, 0.4) is 0 Å². The summed E-state index contributed by atoms with van der Waals surface area (Å²) in [5, 5.41) is 0. The zero-order valence-electron chi connectivity index (χ0n) is 24.1. The Morgan fingerprint density at radius 2 is 0.929 bits per heavy atom. The van der Waals surface area contributed by atoms with Crippen molar-refractivity contribution in [1.82, 2.24) is 0 Å². The molecule has 204 valence electrons. The maximum atomic E-state index is 16.0. The van der Waals surface area contributed by atoms with Crippen molar-refractivity contribution in [2.75, 3.05) is 19.6 Å². The first-order chi connectivity index (χ1) is 20.3. The summed E-state index contributed by atoms with van der Waals surface area (Å²) in [6, 6.07) is 38.0. The van der Waals surface area contributed by atoms with Crippen LogP contribution in [0.2, 0.25) is 0 Å². The third kappa shape index (κ3) is 2.73. The van der Waals surface area contributed by atoms with Crippen LogP contribution in [-0.4, -0.2) is 18.0 Å². The van der Waals surface area contributed by atoms with Crippen molar-refractivity contribution in [3.8, 4) is 0 Å². The van der Waals surface area contributed by atoms with Gasteiger partial charge in [0.15, 0.2) is 0 Å². The lowest BCUT2D eigenvalue weighted by Gasteiger charge is -2.48. The highest BCUT2D eigenvalue weighted by atomic mass is 19.1. The van der Waals surface area contributed by atoms with E-state index in [0.29, 0.717) is 0 Å². The Kier molecular flexibility index (Phi) is 4.43. The summed E-state index contributed by atoms with van der Waals surface area (Å²) < 4.78 is 16.0. The van der Waals surface area contributed by atoms with Crippen molar-refractivity contribution in [3.63, 3.8) is 0 Å². The molecule has 0 N–H and O–H groups in total. The van der Waals surface area contributed by atoms with Crippen molar-refractivity contribution in [3.05, 3.63) is 115 Å². The summed E-state index contributed by atoms with van der Waals surface area (Å²) in [5.74, 6) is -0.215. The molecule has 0 aromatic heterocycles. The summed E-state index contributed by atoms with van der Waals surface area (Å²) in [4.78, 5) is 9.58. The fraction of sp³-hybridized carbons (Fsp3) is 0.167. The van der Waals surface area contributed by atoms with Crippen molar-refractivity contribution < 1.29 is 4.39 Å². The van der Waals surface area contributed by atoms with E-state index in [2.05, 4.69) is 144 Å². The molecule has 5 aromatic carbocycles. The first-order valence-electron chi connectivity index (χ1n) is 14.7. The van der Waals surface area contributed by atoms with E-state index in [0.717, 1.165) is 34.1 Å². The molecule has 0 bridgehead atoms. The molecule has 4 heterocycles. The molecule has 0 fully saturated rings. The van der Waals surface area contributed by atoms with Crippen LogP contribution in [0.25, 0.3) is 0 Å². The van der Waals surface area contributed by atoms with E-state index in [1.165, 1.54) is 27.8 Å². The minimum absolute atomic E-state index is 0.00829. The van der Waals surface area contributed by atoms with E-state index in [1.54, 1.807) is 12.1 Å². The van der Waals surface area contributed by atoms with Crippen LogP contribution in [0, 0.1) is 5.82 Å². The van der Waals surface area contributed by atoms with Gasteiger partial charge in [-0.05, 0) is 92.6 Å². The van der Waals surface area contributed by atoms with Gasteiger partial charge in [0.25, 0.3) is 6.71 Å². The van der Waals surface area contributed by atoms with E-state index >= 15 is 4.39 Å². The monoisotopic (exact) mass is 548 g/mol. The molecule has 5 aromatic rings. The molecule has 0 atom stereocenters. The number of hydrogen-bond donors (Lipinski definition) is 0. The van der Waals surface area contributed by atoms with Crippen LogP contribution < -0.4 is 36.0 Å². The third-order valence-corrected chi connectivity index (χ3v) is 9.73. The molecular weight excluding hydrogens is 518 g/mol. The Hall–Kier alpha value is -4.71. The topological polar surface area (TPSA) is 13.0 Å². The highest BCUT2D eigenvalue weighted by molar-refractivity contribution is 7.00. The van der Waals surface area contributed by atoms with E-state index in [-0.39, 0.29) is 12.5 Å². The van der Waals surface area contributed by atoms with Gasteiger partial charge in [-0.25, -0.2) is 4.39 Å². The fourth-order valence-corrected chi connectivity index (χ4v) is 8.38. The summed E-state index contributed by atoms with van der Waals surface area (Å²) in [7, 11) is 0. The molecule has 0 amide bonds. The summed E-state index contributed by atoms with van der Waals surface area (Å²) in [6.07, 6.45) is 0. The first kappa shape index (κ1) is 23.9. The van der Waals surface area contributed by atoms with Crippen LogP contribution in [0.4, 0.5) is 49.9 Å². The smallest absolute Gasteiger partial charge is 0.252 e. The standard InChI is InChI=1S/C36H30BFN4/c1-35(2)39(24-13-7-5-8-14-24)28-19-11-17-26-33(28)41(35)30-21-23(38)22-31-32(30)37(26)27-18-12-20-29-34(27)42(31)36(3,4)40(29)25-15-9-6-10-16-25/h5-22H,1-4H3. The second-order valence-electron chi connectivity index (χ2n) is 12.7. The molecule has 4 aliphatic heterocycles. The number of halogens is 1. The van der Waals surface area contributed by atoms with E-state index in [1.807, 2.05) is 0 Å². The van der Waals surface area contributed by atoms with Crippen LogP contribution in [0.5, 0.6) is 0 Å². The maximum absolute atomic E-state index is 16.0. The lowest BCUT2D eigenvalue weighted by molar-refractivity contribution is 0.534. The van der Waals surface area contributed by atoms with Gasteiger partial charge in [0.05, 0.1) is 22.7 Å². The molecule has 4 nitrogen and oxygen atoms in total.